The van der Waals surface area contributed by atoms with E-state index in [-0.39, 0.29) is 30.9 Å². The van der Waals surface area contributed by atoms with Crippen LogP contribution >= 0.6 is 0 Å². The second-order valence-corrected chi connectivity index (χ2v) is 12.5. The maximum Gasteiger partial charge on any atom is 0.128 e. The number of rotatable bonds is 6. The van der Waals surface area contributed by atoms with Crippen molar-refractivity contribution in [3.8, 4) is 0 Å². The van der Waals surface area contributed by atoms with Crippen LogP contribution in [0.1, 0.15) is 103 Å². The second kappa shape index (κ2) is 15.9. The van der Waals surface area contributed by atoms with Crippen molar-refractivity contribution in [1.82, 2.24) is 14.7 Å². The van der Waals surface area contributed by atoms with Gasteiger partial charge in [-0.2, -0.15) is 0 Å². The van der Waals surface area contributed by atoms with Crippen LogP contribution in [0.5, 0.6) is 0 Å². The molecule has 3 saturated heterocycles. The Morgan fingerprint density at radius 2 is 1.00 bits per heavy atom. The van der Waals surface area contributed by atoms with E-state index < -0.39 is 0 Å². The second-order valence-electron chi connectivity index (χ2n) is 12.5. The molecular weight excluding hydrogens is 543 g/mol. The van der Waals surface area contributed by atoms with E-state index in [0.29, 0.717) is 35.8 Å². The first kappa shape index (κ1) is 34.8. The largest absolute Gasteiger partial charge is 0.294 e. The van der Waals surface area contributed by atoms with Crippen LogP contribution < -0.4 is 0 Å². The summed E-state index contributed by atoms with van der Waals surface area (Å²) < 4.78 is 39.5. The molecule has 3 atom stereocenters. The zero-order valence-corrected chi connectivity index (χ0v) is 26.1. The third kappa shape index (κ3) is 8.71. The summed E-state index contributed by atoms with van der Waals surface area (Å²) in [5.41, 5.74) is 3.09. The summed E-state index contributed by atoms with van der Waals surface area (Å²) >= 11 is 0. The highest BCUT2D eigenvalue weighted by atomic mass is 19.1. The maximum absolute atomic E-state index is 13.5. The van der Waals surface area contributed by atoms with Gasteiger partial charge in [-0.1, -0.05) is 49.9 Å². The third-order valence-electron chi connectivity index (χ3n) is 8.91. The molecule has 3 nitrogen and oxygen atoms in total. The molecule has 3 unspecified atom stereocenters. The van der Waals surface area contributed by atoms with Gasteiger partial charge in [0.2, 0.25) is 0 Å². The maximum atomic E-state index is 13.5. The van der Waals surface area contributed by atoms with Crippen molar-refractivity contribution < 1.29 is 13.2 Å². The molecule has 3 aromatic carbocycles. The van der Waals surface area contributed by atoms with Crippen molar-refractivity contribution in [3.63, 3.8) is 0 Å². The topological polar surface area (TPSA) is 9.72 Å². The normalized spacial score (nSPS) is 21.9. The number of halogens is 3. The van der Waals surface area contributed by atoms with Gasteiger partial charge in [-0.15, -0.1) is 0 Å². The number of hydrogen-bond acceptors (Lipinski definition) is 3. The lowest BCUT2D eigenvalue weighted by Crippen LogP contribution is -2.45. The van der Waals surface area contributed by atoms with Gasteiger partial charge in [-0.05, 0) is 102 Å². The zero-order chi connectivity index (χ0) is 30.4. The molecule has 43 heavy (non-hydrogen) atoms. The molecule has 0 bridgehead atoms. The number of benzene rings is 3. The van der Waals surface area contributed by atoms with E-state index in [4.69, 9.17) is 0 Å². The van der Waals surface area contributed by atoms with E-state index in [1.165, 1.54) is 36.7 Å². The monoisotopic (exact) mass is 595 g/mol. The molecule has 0 aromatic heterocycles. The molecule has 6 heteroatoms. The highest BCUT2D eigenvalue weighted by Crippen LogP contribution is 2.37. The van der Waals surface area contributed by atoms with Gasteiger partial charge in [0.05, 0.1) is 0 Å². The van der Waals surface area contributed by atoms with E-state index in [1.807, 2.05) is 6.07 Å². The number of hydrogen-bond donors (Lipinski definition) is 0. The first-order valence-electron chi connectivity index (χ1n) is 15.6. The van der Waals surface area contributed by atoms with Gasteiger partial charge in [0.15, 0.2) is 0 Å². The Morgan fingerprint density at radius 3 is 1.47 bits per heavy atom. The predicted molar refractivity (Wildman–Crippen MR) is 174 cm³/mol. The van der Waals surface area contributed by atoms with Crippen LogP contribution in [0.4, 0.5) is 13.2 Å². The van der Waals surface area contributed by atoms with Crippen LogP contribution in [-0.2, 0) is 0 Å². The van der Waals surface area contributed by atoms with Gasteiger partial charge >= 0.3 is 0 Å². The van der Waals surface area contributed by atoms with E-state index in [2.05, 4.69) is 86.6 Å². The summed E-state index contributed by atoms with van der Waals surface area (Å²) in [6.45, 7) is 16.4. The highest BCUT2D eigenvalue weighted by molar-refractivity contribution is 5.25. The van der Waals surface area contributed by atoms with Crippen molar-refractivity contribution >= 4 is 0 Å². The first-order valence-corrected chi connectivity index (χ1v) is 15.6. The molecular formula is C37H52F3N3. The minimum absolute atomic E-state index is 0. The van der Waals surface area contributed by atoms with E-state index >= 15 is 0 Å². The molecule has 0 N–H and O–H groups in total. The Morgan fingerprint density at radius 1 is 0.535 bits per heavy atom. The molecule has 0 radical (unpaired) electrons. The minimum atomic E-state index is -0.359. The lowest BCUT2D eigenvalue weighted by Gasteiger charge is -2.44. The van der Waals surface area contributed by atoms with Crippen molar-refractivity contribution in [2.45, 2.75) is 104 Å². The molecule has 0 saturated carbocycles. The van der Waals surface area contributed by atoms with Crippen LogP contribution in [-0.4, -0.2) is 52.5 Å². The molecule has 3 heterocycles. The fourth-order valence-corrected chi connectivity index (χ4v) is 6.29. The molecule has 0 amide bonds. The quantitative estimate of drug-likeness (QED) is 0.281. The third-order valence-corrected chi connectivity index (χ3v) is 8.91. The summed E-state index contributed by atoms with van der Waals surface area (Å²) in [5, 5.41) is 0. The standard InChI is InChI=1S/C12H15F2N.C12H16FN.C12H17N.CH4/c1-8(2)15-6-5-12(15)10-7-9(13)3-4-11(10)14;1-9(2)14-7-6-12(14)10-4-3-5-11(13)8-10;1-10(2)13-9-8-12(13)11-6-4-3-5-7-11;/h3-4,7-8,12H,5-6H2,1-2H3;3-5,8-9,12H,6-7H2,1-2H3;3-7,10,12H,8-9H2,1-2H3;1H4. The molecule has 6 rings (SSSR count). The van der Waals surface area contributed by atoms with Gasteiger partial charge in [-0.25, -0.2) is 13.2 Å². The molecule has 0 spiro atoms. The summed E-state index contributed by atoms with van der Waals surface area (Å²) in [4.78, 5) is 7.13. The Kier molecular flexibility index (Phi) is 12.9. The molecule has 236 valence electrons. The fraction of sp³-hybridized carbons (Fsp3) is 0.514. The minimum Gasteiger partial charge on any atom is -0.294 e. The summed E-state index contributed by atoms with van der Waals surface area (Å²) in [6.07, 6.45) is 3.39. The highest BCUT2D eigenvalue weighted by Gasteiger charge is 2.33. The Labute approximate surface area is 258 Å². The number of likely N-dealkylation sites (tertiary alicyclic amines) is 3. The van der Waals surface area contributed by atoms with Crippen LogP contribution in [0.25, 0.3) is 0 Å². The van der Waals surface area contributed by atoms with Crippen LogP contribution in [0.2, 0.25) is 0 Å². The molecule has 3 aliphatic heterocycles. The SMILES string of the molecule is C.CC(C)N1CCC1c1cc(F)ccc1F.CC(C)N1CCC1c1cccc(F)c1.CC(C)N1CCC1c1ccccc1. The average molecular weight is 596 g/mol. The van der Waals surface area contributed by atoms with E-state index in [9.17, 15) is 13.2 Å². The Bertz CT molecular complexity index is 1260. The van der Waals surface area contributed by atoms with Gasteiger partial charge in [0, 0.05) is 61.4 Å². The first-order chi connectivity index (χ1) is 20.1. The molecule has 0 aliphatic carbocycles. The fourth-order valence-electron chi connectivity index (χ4n) is 6.29. The van der Waals surface area contributed by atoms with Crippen molar-refractivity contribution in [2.75, 3.05) is 19.6 Å². The van der Waals surface area contributed by atoms with Crippen LogP contribution in [0.15, 0.2) is 72.8 Å². The molecule has 3 aromatic rings. The Balaban J connectivity index is 0.000000175. The van der Waals surface area contributed by atoms with Gasteiger partial charge in [-0.3, -0.25) is 14.7 Å². The summed E-state index contributed by atoms with van der Waals surface area (Å²) in [7, 11) is 0. The average Bonchev–Trinajstić information content (AvgIpc) is 2.85. The van der Waals surface area contributed by atoms with Crippen molar-refractivity contribution in [2.24, 2.45) is 0 Å². The molecule has 3 aliphatic rings. The molecule has 3 fully saturated rings. The smallest absolute Gasteiger partial charge is 0.128 e. The van der Waals surface area contributed by atoms with Crippen LogP contribution in [0, 0.1) is 17.5 Å². The predicted octanol–water partition coefficient (Wildman–Crippen LogP) is 9.58. The van der Waals surface area contributed by atoms with Crippen molar-refractivity contribution in [3.05, 3.63) is 107 Å². The van der Waals surface area contributed by atoms with Crippen molar-refractivity contribution in [1.29, 1.82) is 0 Å². The summed E-state index contributed by atoms with van der Waals surface area (Å²) in [5.74, 6) is -0.785. The van der Waals surface area contributed by atoms with E-state index in [0.717, 1.165) is 37.6 Å². The van der Waals surface area contributed by atoms with Gasteiger partial charge < -0.3 is 0 Å². The van der Waals surface area contributed by atoms with E-state index in [1.54, 1.807) is 12.1 Å². The Hall–Kier alpha value is -2.67. The number of nitrogens with zero attached hydrogens (tertiary/aromatic N) is 3. The van der Waals surface area contributed by atoms with Gasteiger partial charge in [0.1, 0.15) is 17.5 Å². The lowest BCUT2D eigenvalue weighted by atomic mass is 9.92. The zero-order valence-electron chi connectivity index (χ0n) is 26.1. The lowest BCUT2D eigenvalue weighted by molar-refractivity contribution is 0.0534. The summed E-state index contributed by atoms with van der Waals surface area (Å²) in [6, 6.07) is 24.3. The van der Waals surface area contributed by atoms with Gasteiger partial charge in [0.25, 0.3) is 0 Å². The van der Waals surface area contributed by atoms with Crippen LogP contribution in [0.3, 0.4) is 0 Å².